The van der Waals surface area contributed by atoms with Crippen molar-refractivity contribution >= 4 is 34.1 Å². The summed E-state index contributed by atoms with van der Waals surface area (Å²) in [6.45, 7) is 4.21. The van der Waals surface area contributed by atoms with E-state index in [1.807, 2.05) is 71.6 Å². The zero-order valence-corrected chi connectivity index (χ0v) is 17.0. The van der Waals surface area contributed by atoms with Crippen molar-refractivity contribution < 1.29 is 4.79 Å². The molecule has 0 aliphatic carbocycles. The van der Waals surface area contributed by atoms with E-state index in [0.29, 0.717) is 17.2 Å². The number of rotatable bonds is 5. The number of nitrogens with zero attached hydrogens (tertiary/aromatic N) is 3. The summed E-state index contributed by atoms with van der Waals surface area (Å²) in [6, 6.07) is 16.3. The molecule has 0 radical (unpaired) electrons. The maximum atomic E-state index is 12.9. The van der Waals surface area contributed by atoms with Crippen LogP contribution in [0.3, 0.4) is 0 Å². The number of para-hydroxylation sites is 1. The highest BCUT2D eigenvalue weighted by molar-refractivity contribution is 6.30. The van der Waals surface area contributed by atoms with Crippen LogP contribution in [0.15, 0.2) is 59.4 Å². The standard InChI is InChI=1S/C22H21ClN4O2/c1-14-13-20(28)25-21-18-5-3-4-6-19(18)27(26(14)21)15(2)22(29)24-12-11-16-7-9-17(23)10-8-16/h3-10,13,15H,11-12H2,1-2H3,(H,24,29)/t15-/m0/s1. The third-order valence-electron chi connectivity index (χ3n) is 5.06. The number of hydrogen-bond acceptors (Lipinski definition) is 3. The van der Waals surface area contributed by atoms with Gasteiger partial charge in [-0.25, -0.2) is 4.52 Å². The molecule has 0 aliphatic heterocycles. The molecule has 4 rings (SSSR count). The van der Waals surface area contributed by atoms with Crippen LogP contribution in [0.1, 0.15) is 24.2 Å². The van der Waals surface area contributed by atoms with E-state index in [1.165, 1.54) is 6.07 Å². The number of carbonyl (C=O) groups excluding carboxylic acids is 1. The molecule has 0 spiro atoms. The van der Waals surface area contributed by atoms with Crippen LogP contribution in [0.2, 0.25) is 5.02 Å². The highest BCUT2D eigenvalue weighted by Gasteiger charge is 2.22. The fraction of sp³-hybridized carbons (Fsp3) is 0.227. The van der Waals surface area contributed by atoms with Crippen molar-refractivity contribution in [2.75, 3.05) is 6.54 Å². The van der Waals surface area contributed by atoms with E-state index in [9.17, 15) is 9.59 Å². The molecular weight excluding hydrogens is 388 g/mol. The smallest absolute Gasteiger partial charge is 0.273 e. The molecule has 7 heteroatoms. The summed E-state index contributed by atoms with van der Waals surface area (Å²) in [5.41, 5.74) is 2.97. The average molecular weight is 409 g/mol. The van der Waals surface area contributed by atoms with Crippen molar-refractivity contribution in [1.29, 1.82) is 0 Å². The van der Waals surface area contributed by atoms with E-state index in [-0.39, 0.29) is 11.5 Å². The summed E-state index contributed by atoms with van der Waals surface area (Å²) >= 11 is 5.91. The number of fused-ring (bicyclic) bond motifs is 3. The Labute approximate surface area is 172 Å². The van der Waals surface area contributed by atoms with Gasteiger partial charge in [0.15, 0.2) is 5.65 Å². The van der Waals surface area contributed by atoms with E-state index < -0.39 is 6.04 Å². The van der Waals surface area contributed by atoms with Gasteiger partial charge in [-0.2, -0.15) is 4.98 Å². The first-order valence-corrected chi connectivity index (χ1v) is 9.85. The third kappa shape index (κ3) is 3.63. The molecule has 29 heavy (non-hydrogen) atoms. The van der Waals surface area contributed by atoms with Gasteiger partial charge in [0.1, 0.15) is 6.04 Å². The number of benzene rings is 2. The summed E-state index contributed by atoms with van der Waals surface area (Å²) < 4.78 is 3.74. The summed E-state index contributed by atoms with van der Waals surface area (Å²) in [4.78, 5) is 29.0. The van der Waals surface area contributed by atoms with Crippen LogP contribution in [-0.4, -0.2) is 26.6 Å². The Hall–Kier alpha value is -3.12. The van der Waals surface area contributed by atoms with Gasteiger partial charge in [0.05, 0.1) is 5.52 Å². The highest BCUT2D eigenvalue weighted by Crippen LogP contribution is 2.25. The summed E-state index contributed by atoms with van der Waals surface area (Å²) in [5, 5.41) is 4.54. The van der Waals surface area contributed by atoms with Crippen LogP contribution in [0.25, 0.3) is 16.6 Å². The maximum Gasteiger partial charge on any atom is 0.273 e. The van der Waals surface area contributed by atoms with Gasteiger partial charge in [0.2, 0.25) is 5.91 Å². The second kappa shape index (κ2) is 7.72. The molecule has 2 aromatic carbocycles. The van der Waals surface area contributed by atoms with Gasteiger partial charge in [0.25, 0.3) is 5.56 Å². The van der Waals surface area contributed by atoms with E-state index in [1.54, 1.807) is 0 Å². The molecule has 4 aromatic rings. The number of halogens is 1. The monoisotopic (exact) mass is 408 g/mol. The van der Waals surface area contributed by atoms with Crippen LogP contribution < -0.4 is 10.9 Å². The lowest BCUT2D eigenvalue weighted by Crippen LogP contribution is -2.34. The molecule has 0 fully saturated rings. The molecule has 2 heterocycles. The fourth-order valence-electron chi connectivity index (χ4n) is 3.63. The van der Waals surface area contributed by atoms with Crippen molar-refractivity contribution in [3.63, 3.8) is 0 Å². The predicted octanol–water partition coefficient (Wildman–Crippen LogP) is 3.53. The fourth-order valence-corrected chi connectivity index (χ4v) is 3.76. The number of hydrogen-bond donors (Lipinski definition) is 1. The predicted molar refractivity (Wildman–Crippen MR) is 115 cm³/mol. The lowest BCUT2D eigenvalue weighted by atomic mass is 10.1. The van der Waals surface area contributed by atoms with Gasteiger partial charge >= 0.3 is 0 Å². The van der Waals surface area contributed by atoms with E-state index in [4.69, 9.17) is 11.6 Å². The summed E-state index contributed by atoms with van der Waals surface area (Å²) in [7, 11) is 0. The van der Waals surface area contributed by atoms with Crippen LogP contribution in [-0.2, 0) is 11.2 Å². The zero-order chi connectivity index (χ0) is 20.5. The van der Waals surface area contributed by atoms with Gasteiger partial charge in [-0.15, -0.1) is 0 Å². The first-order valence-electron chi connectivity index (χ1n) is 9.47. The van der Waals surface area contributed by atoms with Crippen LogP contribution in [0.5, 0.6) is 0 Å². The number of carbonyl (C=O) groups is 1. The highest BCUT2D eigenvalue weighted by atomic mass is 35.5. The Morgan fingerprint density at radius 3 is 2.66 bits per heavy atom. The molecule has 0 saturated carbocycles. The summed E-state index contributed by atoms with van der Waals surface area (Å²) in [5.74, 6) is -0.0975. The van der Waals surface area contributed by atoms with E-state index >= 15 is 0 Å². The minimum atomic E-state index is -0.481. The third-order valence-corrected chi connectivity index (χ3v) is 5.31. The van der Waals surface area contributed by atoms with Gasteiger partial charge < -0.3 is 5.32 Å². The molecule has 1 N–H and O–H groups in total. The number of nitrogens with one attached hydrogen (secondary N) is 1. The number of amides is 1. The lowest BCUT2D eigenvalue weighted by Gasteiger charge is -2.18. The van der Waals surface area contributed by atoms with Gasteiger partial charge in [-0.3, -0.25) is 14.3 Å². The second-order valence-electron chi connectivity index (χ2n) is 7.08. The normalized spacial score (nSPS) is 12.4. The molecule has 1 amide bonds. The van der Waals surface area contributed by atoms with E-state index in [2.05, 4.69) is 10.3 Å². The van der Waals surface area contributed by atoms with Gasteiger partial charge in [0, 0.05) is 28.7 Å². The van der Waals surface area contributed by atoms with Crippen LogP contribution in [0, 0.1) is 6.92 Å². The molecule has 0 saturated heterocycles. The SMILES string of the molecule is Cc1cc(=O)nc2c3ccccc3n([C@@H](C)C(=O)NCCc3ccc(Cl)cc3)n12. The second-order valence-corrected chi connectivity index (χ2v) is 7.51. The first kappa shape index (κ1) is 19.2. The maximum absolute atomic E-state index is 12.9. The molecule has 6 nitrogen and oxygen atoms in total. The quantitative estimate of drug-likeness (QED) is 0.549. The Bertz CT molecular complexity index is 1260. The van der Waals surface area contributed by atoms with Crippen molar-refractivity contribution in [3.8, 4) is 0 Å². The van der Waals surface area contributed by atoms with Crippen LogP contribution >= 0.6 is 11.6 Å². The summed E-state index contributed by atoms with van der Waals surface area (Å²) in [6.07, 6.45) is 0.718. The molecule has 148 valence electrons. The topological polar surface area (TPSA) is 68.4 Å². The lowest BCUT2D eigenvalue weighted by molar-refractivity contribution is -0.124. The largest absolute Gasteiger partial charge is 0.354 e. The van der Waals surface area contributed by atoms with Gasteiger partial charge in [-0.05, 0) is 50.1 Å². The Morgan fingerprint density at radius 2 is 1.90 bits per heavy atom. The van der Waals surface area contributed by atoms with E-state index in [0.717, 1.165) is 28.6 Å². The Kier molecular flexibility index (Phi) is 5.11. The van der Waals surface area contributed by atoms with Gasteiger partial charge in [-0.1, -0.05) is 35.9 Å². The van der Waals surface area contributed by atoms with Crippen molar-refractivity contribution in [2.24, 2.45) is 0 Å². The molecule has 2 aromatic heterocycles. The Balaban J connectivity index is 1.63. The van der Waals surface area contributed by atoms with Crippen molar-refractivity contribution in [2.45, 2.75) is 26.3 Å². The molecule has 0 bridgehead atoms. The minimum absolute atomic E-state index is 0.0975. The molecule has 1 atom stereocenters. The van der Waals surface area contributed by atoms with Crippen molar-refractivity contribution in [3.05, 3.63) is 81.2 Å². The Morgan fingerprint density at radius 1 is 1.17 bits per heavy atom. The average Bonchev–Trinajstić information content (AvgIpc) is 3.03. The molecular formula is C22H21ClN4O2. The minimum Gasteiger partial charge on any atom is -0.354 e. The number of aromatic nitrogens is 3. The molecule has 0 unspecified atom stereocenters. The number of aryl methyl sites for hydroxylation is 1. The zero-order valence-electron chi connectivity index (χ0n) is 16.2. The molecule has 0 aliphatic rings. The first-order chi connectivity index (χ1) is 14.0. The van der Waals surface area contributed by atoms with Crippen molar-refractivity contribution in [1.82, 2.24) is 19.5 Å². The van der Waals surface area contributed by atoms with Crippen LogP contribution in [0.4, 0.5) is 0 Å².